The number of aromatic nitrogens is 4. The summed E-state index contributed by atoms with van der Waals surface area (Å²) in [6.45, 7) is 4.65. The van der Waals surface area contributed by atoms with Gasteiger partial charge in [0, 0.05) is 18.3 Å². The largest absolute Gasteiger partial charge is 0.382 e. The number of rotatable bonds is 2. The molecule has 15 heavy (non-hydrogen) atoms. The first kappa shape index (κ1) is 9.57. The van der Waals surface area contributed by atoms with Gasteiger partial charge in [-0.3, -0.25) is 4.68 Å². The first-order chi connectivity index (χ1) is 7.13. The molecule has 2 rings (SSSR count). The number of aryl methyl sites for hydroxylation is 2. The smallest absolute Gasteiger partial charge is 0.150 e. The maximum absolute atomic E-state index is 5.82. The molecule has 0 spiro atoms. The van der Waals surface area contributed by atoms with E-state index < -0.39 is 0 Å². The molecule has 0 amide bonds. The molecule has 80 valence electrons. The van der Waals surface area contributed by atoms with Crippen LogP contribution in [0.25, 0.3) is 11.3 Å². The van der Waals surface area contributed by atoms with Crippen LogP contribution >= 0.6 is 0 Å². The van der Waals surface area contributed by atoms with Crippen molar-refractivity contribution in [2.45, 2.75) is 20.4 Å². The van der Waals surface area contributed by atoms with Crippen LogP contribution in [-0.2, 0) is 6.54 Å². The monoisotopic (exact) mass is 206 g/mol. The second-order valence-electron chi connectivity index (χ2n) is 3.35. The molecule has 0 unspecified atom stereocenters. The number of imidazole rings is 1. The Labute approximate surface area is 87.5 Å². The van der Waals surface area contributed by atoms with Crippen LogP contribution in [0.1, 0.15) is 12.7 Å². The summed E-state index contributed by atoms with van der Waals surface area (Å²) in [5.74, 6) is 6.83. The Balaban J connectivity index is 2.49. The molecule has 0 saturated carbocycles. The Morgan fingerprint density at radius 3 is 2.67 bits per heavy atom. The molecule has 0 saturated heterocycles. The molecule has 2 aromatic heterocycles. The van der Waals surface area contributed by atoms with Crippen molar-refractivity contribution in [3.8, 4) is 11.3 Å². The highest BCUT2D eigenvalue weighted by atomic mass is 15.4. The Morgan fingerprint density at radius 1 is 1.47 bits per heavy atom. The highest BCUT2D eigenvalue weighted by Crippen LogP contribution is 2.23. The van der Waals surface area contributed by atoms with Crippen molar-refractivity contribution in [3.05, 3.63) is 18.2 Å². The molecule has 6 heteroatoms. The Bertz CT molecular complexity index is 481. The molecular formula is C9H14N6. The predicted octanol–water partition coefficient (Wildman–Crippen LogP) is 0.371. The molecule has 6 nitrogen and oxygen atoms in total. The van der Waals surface area contributed by atoms with Gasteiger partial charge in [0.1, 0.15) is 11.5 Å². The van der Waals surface area contributed by atoms with Gasteiger partial charge in [0.15, 0.2) is 5.82 Å². The van der Waals surface area contributed by atoms with Gasteiger partial charge in [-0.15, -0.1) is 0 Å². The fraction of sp³-hybridized carbons (Fsp3) is 0.333. The normalized spacial score (nSPS) is 10.8. The van der Waals surface area contributed by atoms with Crippen LogP contribution in [0, 0.1) is 6.92 Å². The molecule has 0 aliphatic rings. The minimum atomic E-state index is 0.461. The van der Waals surface area contributed by atoms with Gasteiger partial charge in [-0.1, -0.05) is 0 Å². The van der Waals surface area contributed by atoms with E-state index in [1.165, 1.54) is 4.68 Å². The fourth-order valence-corrected chi connectivity index (χ4v) is 1.43. The lowest BCUT2D eigenvalue weighted by molar-refractivity contribution is 0.660. The van der Waals surface area contributed by atoms with Crippen LogP contribution < -0.4 is 11.6 Å². The molecule has 2 aromatic rings. The van der Waals surface area contributed by atoms with Crippen LogP contribution in [0.2, 0.25) is 0 Å². The highest BCUT2D eigenvalue weighted by Gasteiger charge is 2.13. The van der Waals surface area contributed by atoms with Gasteiger partial charge in [-0.05, 0) is 13.8 Å². The average molecular weight is 206 g/mol. The maximum atomic E-state index is 5.82. The van der Waals surface area contributed by atoms with E-state index in [9.17, 15) is 0 Å². The zero-order valence-electron chi connectivity index (χ0n) is 8.81. The SMILES string of the molecule is CCn1cc(-c2nc(C)n(N)c2N)cn1. The number of nitrogens with two attached hydrogens (primary N) is 2. The first-order valence-electron chi connectivity index (χ1n) is 4.76. The molecule has 2 heterocycles. The summed E-state index contributed by atoms with van der Waals surface area (Å²) in [5, 5.41) is 4.16. The second kappa shape index (κ2) is 3.30. The van der Waals surface area contributed by atoms with Gasteiger partial charge in [-0.25, -0.2) is 9.66 Å². The molecule has 0 atom stereocenters. The minimum Gasteiger partial charge on any atom is -0.382 e. The number of hydrogen-bond donors (Lipinski definition) is 2. The number of nitrogens with zero attached hydrogens (tertiary/aromatic N) is 4. The molecule has 0 aliphatic carbocycles. The Hall–Kier alpha value is -1.98. The van der Waals surface area contributed by atoms with Crippen molar-refractivity contribution < 1.29 is 0 Å². The van der Waals surface area contributed by atoms with Gasteiger partial charge in [0.2, 0.25) is 0 Å². The Morgan fingerprint density at radius 2 is 2.20 bits per heavy atom. The molecular weight excluding hydrogens is 192 g/mol. The summed E-state index contributed by atoms with van der Waals surface area (Å²) in [5.41, 5.74) is 7.40. The quantitative estimate of drug-likeness (QED) is 0.695. The predicted molar refractivity (Wildman–Crippen MR) is 58.4 cm³/mol. The van der Waals surface area contributed by atoms with E-state index in [0.717, 1.165) is 12.1 Å². The lowest BCUT2D eigenvalue weighted by Crippen LogP contribution is -2.13. The lowest BCUT2D eigenvalue weighted by Gasteiger charge is -1.97. The first-order valence-corrected chi connectivity index (χ1v) is 4.76. The summed E-state index contributed by atoms with van der Waals surface area (Å²) < 4.78 is 3.19. The van der Waals surface area contributed by atoms with Crippen LogP contribution in [0.15, 0.2) is 12.4 Å². The van der Waals surface area contributed by atoms with E-state index in [1.807, 2.05) is 24.7 Å². The number of anilines is 1. The van der Waals surface area contributed by atoms with E-state index in [4.69, 9.17) is 11.6 Å². The summed E-state index contributed by atoms with van der Waals surface area (Å²) in [4.78, 5) is 4.29. The minimum absolute atomic E-state index is 0.461. The molecule has 0 aromatic carbocycles. The summed E-state index contributed by atoms with van der Waals surface area (Å²) >= 11 is 0. The second-order valence-corrected chi connectivity index (χ2v) is 3.35. The van der Waals surface area contributed by atoms with Gasteiger partial charge in [0.25, 0.3) is 0 Å². The van der Waals surface area contributed by atoms with Crippen molar-refractivity contribution in [3.63, 3.8) is 0 Å². The third kappa shape index (κ3) is 1.43. The molecule has 0 aliphatic heterocycles. The molecule has 0 bridgehead atoms. The maximum Gasteiger partial charge on any atom is 0.150 e. The summed E-state index contributed by atoms with van der Waals surface area (Å²) in [7, 11) is 0. The number of nitrogen functional groups attached to an aromatic ring is 2. The Kier molecular flexibility index (Phi) is 2.11. The van der Waals surface area contributed by atoms with Crippen LogP contribution in [0.3, 0.4) is 0 Å². The van der Waals surface area contributed by atoms with Crippen molar-refractivity contribution in [2.24, 2.45) is 0 Å². The van der Waals surface area contributed by atoms with E-state index in [2.05, 4.69) is 10.1 Å². The standard InChI is InChI=1S/C9H14N6/c1-3-14-5-7(4-12-14)8-9(10)15(11)6(2)13-8/h4-5H,3,10-11H2,1-2H3. The van der Waals surface area contributed by atoms with Crippen LogP contribution in [0.4, 0.5) is 5.82 Å². The van der Waals surface area contributed by atoms with Crippen molar-refractivity contribution in [1.82, 2.24) is 19.4 Å². The summed E-state index contributed by atoms with van der Waals surface area (Å²) in [6, 6.07) is 0. The third-order valence-corrected chi connectivity index (χ3v) is 2.36. The van der Waals surface area contributed by atoms with Gasteiger partial charge < -0.3 is 11.6 Å². The molecule has 0 fully saturated rings. The number of hydrogen-bond acceptors (Lipinski definition) is 4. The van der Waals surface area contributed by atoms with Crippen LogP contribution in [-0.4, -0.2) is 19.4 Å². The van der Waals surface area contributed by atoms with Crippen LogP contribution in [0.5, 0.6) is 0 Å². The van der Waals surface area contributed by atoms with E-state index in [-0.39, 0.29) is 0 Å². The zero-order valence-corrected chi connectivity index (χ0v) is 8.81. The zero-order chi connectivity index (χ0) is 11.0. The average Bonchev–Trinajstić information content (AvgIpc) is 2.79. The highest BCUT2D eigenvalue weighted by molar-refractivity contribution is 5.69. The fourth-order valence-electron chi connectivity index (χ4n) is 1.43. The van der Waals surface area contributed by atoms with Crippen molar-refractivity contribution >= 4 is 5.82 Å². The summed E-state index contributed by atoms with van der Waals surface area (Å²) in [6.07, 6.45) is 3.64. The van der Waals surface area contributed by atoms with Gasteiger partial charge in [-0.2, -0.15) is 5.10 Å². The third-order valence-electron chi connectivity index (χ3n) is 2.36. The van der Waals surface area contributed by atoms with Gasteiger partial charge in [0.05, 0.1) is 6.20 Å². The van der Waals surface area contributed by atoms with Crippen molar-refractivity contribution in [2.75, 3.05) is 11.6 Å². The van der Waals surface area contributed by atoms with Crippen molar-refractivity contribution in [1.29, 1.82) is 0 Å². The van der Waals surface area contributed by atoms with E-state index in [1.54, 1.807) is 6.20 Å². The topological polar surface area (TPSA) is 87.7 Å². The van der Waals surface area contributed by atoms with Gasteiger partial charge >= 0.3 is 0 Å². The molecule has 0 radical (unpaired) electrons. The molecule has 4 N–H and O–H groups in total. The van der Waals surface area contributed by atoms with E-state index in [0.29, 0.717) is 17.3 Å². The lowest BCUT2D eigenvalue weighted by atomic mass is 10.2. The van der Waals surface area contributed by atoms with E-state index >= 15 is 0 Å².